The van der Waals surface area contributed by atoms with Gasteiger partial charge in [-0.15, -0.1) is 0 Å². The second-order valence-corrected chi connectivity index (χ2v) is 6.75. The largest absolute Gasteiger partial charge is 0.409 e. The van der Waals surface area contributed by atoms with E-state index in [2.05, 4.69) is 57.7 Å². The van der Waals surface area contributed by atoms with Gasteiger partial charge in [0.15, 0.2) is 0 Å². The second-order valence-electron chi connectivity index (χ2n) is 4.82. The summed E-state index contributed by atoms with van der Waals surface area (Å²) >= 11 is 0. The molecule has 1 aromatic rings. The third-order valence-electron chi connectivity index (χ3n) is 2.71. The molecule has 0 amide bonds. The molecule has 1 unspecified atom stereocenters. The number of hydrogen-bond donors (Lipinski definition) is 0. The predicted octanol–water partition coefficient (Wildman–Crippen LogP) is 3.36. The topological polar surface area (TPSA) is 9.23 Å². The molecule has 0 aromatic heterocycles. The molecule has 0 heterocycles. The normalized spacial score (nSPS) is 13.4. The summed E-state index contributed by atoms with van der Waals surface area (Å²) in [7, 11) is -0.814. The Morgan fingerprint density at radius 1 is 1.06 bits per heavy atom. The van der Waals surface area contributed by atoms with Crippen LogP contribution < -0.4 is 5.19 Å². The van der Waals surface area contributed by atoms with Crippen LogP contribution in [0.15, 0.2) is 30.3 Å². The third kappa shape index (κ3) is 4.95. The average molecular weight is 235 g/mol. The molecule has 0 aliphatic heterocycles. The lowest BCUT2D eigenvalue weighted by atomic mass is 10.1. The summed E-state index contributed by atoms with van der Waals surface area (Å²) in [4.78, 5) is 0. The van der Waals surface area contributed by atoms with Crippen molar-refractivity contribution in [1.82, 2.24) is 0 Å². The molecule has 0 aliphatic rings. The molecule has 0 spiro atoms. The van der Waals surface area contributed by atoms with Crippen molar-refractivity contribution in [2.45, 2.75) is 46.3 Å². The molecule has 0 aliphatic carbocycles. The van der Waals surface area contributed by atoms with E-state index in [1.165, 1.54) is 18.0 Å². The number of rotatable bonds is 6. The molecule has 1 aromatic carbocycles. The monoisotopic (exact) mass is 235 g/mol. The van der Waals surface area contributed by atoms with E-state index in [0.29, 0.717) is 6.10 Å². The molecular weight excluding hydrogens is 212 g/mol. The Bertz CT molecular complexity index is 284. The molecule has 0 N–H and O–H groups in total. The van der Waals surface area contributed by atoms with Crippen LogP contribution in [0.3, 0.4) is 0 Å². The molecule has 0 saturated carbocycles. The Morgan fingerprint density at radius 3 is 2.25 bits per heavy atom. The van der Waals surface area contributed by atoms with E-state index in [9.17, 15) is 0 Å². The Kier molecular flexibility index (Phi) is 5.78. The van der Waals surface area contributed by atoms with Crippen molar-refractivity contribution in [3.05, 3.63) is 30.3 Å². The maximum atomic E-state index is 6.09. The minimum atomic E-state index is -0.814. The average Bonchev–Trinajstić information content (AvgIpc) is 2.27. The SMILES string of the molecule is CC(C)CCC(C)O[Si](C)c1ccccc1. The lowest BCUT2D eigenvalue weighted by Crippen LogP contribution is -2.33. The fourth-order valence-corrected chi connectivity index (χ4v) is 3.19. The highest BCUT2D eigenvalue weighted by Gasteiger charge is 2.13. The van der Waals surface area contributed by atoms with Gasteiger partial charge in [-0.3, -0.25) is 0 Å². The second kappa shape index (κ2) is 6.87. The summed E-state index contributed by atoms with van der Waals surface area (Å²) in [6.07, 6.45) is 2.82. The van der Waals surface area contributed by atoms with Crippen LogP contribution in [0.1, 0.15) is 33.6 Å². The Balaban J connectivity index is 2.36. The van der Waals surface area contributed by atoms with Crippen molar-refractivity contribution >= 4 is 14.2 Å². The number of hydrogen-bond acceptors (Lipinski definition) is 1. The van der Waals surface area contributed by atoms with Crippen molar-refractivity contribution < 1.29 is 4.43 Å². The van der Waals surface area contributed by atoms with Crippen molar-refractivity contribution in [1.29, 1.82) is 0 Å². The molecule has 89 valence electrons. The lowest BCUT2D eigenvalue weighted by molar-refractivity contribution is 0.207. The van der Waals surface area contributed by atoms with Gasteiger partial charge < -0.3 is 4.43 Å². The fourth-order valence-electron chi connectivity index (χ4n) is 1.67. The van der Waals surface area contributed by atoms with Crippen molar-refractivity contribution in [2.24, 2.45) is 5.92 Å². The lowest BCUT2D eigenvalue weighted by Gasteiger charge is -2.18. The van der Waals surface area contributed by atoms with Gasteiger partial charge in [-0.05, 0) is 37.4 Å². The summed E-state index contributed by atoms with van der Waals surface area (Å²) in [6, 6.07) is 10.6. The molecule has 1 radical (unpaired) electrons. The Morgan fingerprint density at radius 2 is 1.69 bits per heavy atom. The summed E-state index contributed by atoms with van der Waals surface area (Å²) in [5, 5.41) is 1.36. The highest BCUT2D eigenvalue weighted by Crippen LogP contribution is 2.09. The quantitative estimate of drug-likeness (QED) is 0.687. The van der Waals surface area contributed by atoms with Gasteiger partial charge in [-0.25, -0.2) is 0 Å². The van der Waals surface area contributed by atoms with Gasteiger partial charge in [-0.1, -0.05) is 44.2 Å². The smallest absolute Gasteiger partial charge is 0.243 e. The molecule has 16 heavy (non-hydrogen) atoms. The van der Waals surface area contributed by atoms with Crippen LogP contribution in [0.4, 0.5) is 0 Å². The van der Waals surface area contributed by atoms with E-state index in [4.69, 9.17) is 4.43 Å². The summed E-state index contributed by atoms with van der Waals surface area (Å²) in [5.41, 5.74) is 0. The van der Waals surface area contributed by atoms with Crippen LogP contribution in [-0.2, 0) is 4.43 Å². The van der Waals surface area contributed by atoms with Crippen LogP contribution in [0.5, 0.6) is 0 Å². The first-order chi connectivity index (χ1) is 7.59. The zero-order chi connectivity index (χ0) is 12.0. The molecule has 1 atom stereocenters. The van der Waals surface area contributed by atoms with Gasteiger partial charge in [0.2, 0.25) is 9.04 Å². The maximum absolute atomic E-state index is 6.09. The molecule has 0 fully saturated rings. The van der Waals surface area contributed by atoms with Crippen LogP contribution in [0, 0.1) is 5.92 Å². The van der Waals surface area contributed by atoms with Gasteiger partial charge in [0.1, 0.15) is 0 Å². The number of benzene rings is 1. The highest BCUT2D eigenvalue weighted by molar-refractivity contribution is 6.66. The Labute approximate surface area is 102 Å². The standard InChI is InChI=1S/C14H23OSi/c1-12(2)10-11-13(3)15-16(4)14-8-6-5-7-9-14/h5-9,12-13H,10-11H2,1-4H3. The van der Waals surface area contributed by atoms with Crippen molar-refractivity contribution in [3.8, 4) is 0 Å². The molecule has 0 saturated heterocycles. The first-order valence-electron chi connectivity index (χ1n) is 6.15. The third-order valence-corrected chi connectivity index (χ3v) is 4.61. The van der Waals surface area contributed by atoms with E-state index in [0.717, 1.165) is 5.92 Å². The van der Waals surface area contributed by atoms with Gasteiger partial charge in [0, 0.05) is 6.10 Å². The summed E-state index contributed by atoms with van der Waals surface area (Å²) in [5.74, 6) is 0.773. The highest BCUT2D eigenvalue weighted by atomic mass is 28.3. The van der Waals surface area contributed by atoms with E-state index in [1.807, 2.05) is 0 Å². The minimum Gasteiger partial charge on any atom is -0.409 e. The molecular formula is C14H23OSi. The van der Waals surface area contributed by atoms with Gasteiger partial charge in [0.25, 0.3) is 0 Å². The van der Waals surface area contributed by atoms with Gasteiger partial charge >= 0.3 is 0 Å². The Hall–Kier alpha value is -0.603. The minimum absolute atomic E-state index is 0.390. The fraction of sp³-hybridized carbons (Fsp3) is 0.571. The van der Waals surface area contributed by atoms with Crippen LogP contribution >= 0.6 is 0 Å². The molecule has 0 bridgehead atoms. The van der Waals surface area contributed by atoms with Gasteiger partial charge in [-0.2, -0.15) is 0 Å². The first-order valence-corrected chi connectivity index (χ1v) is 8.06. The summed E-state index contributed by atoms with van der Waals surface area (Å²) in [6.45, 7) is 8.95. The molecule has 1 nitrogen and oxygen atoms in total. The molecule has 2 heteroatoms. The van der Waals surface area contributed by atoms with Crippen molar-refractivity contribution in [2.75, 3.05) is 0 Å². The van der Waals surface area contributed by atoms with Crippen LogP contribution in [-0.4, -0.2) is 15.1 Å². The first kappa shape index (κ1) is 13.5. The van der Waals surface area contributed by atoms with Crippen LogP contribution in [0.25, 0.3) is 0 Å². The van der Waals surface area contributed by atoms with Gasteiger partial charge in [0.05, 0.1) is 0 Å². The van der Waals surface area contributed by atoms with E-state index in [1.54, 1.807) is 0 Å². The zero-order valence-electron chi connectivity index (χ0n) is 10.9. The zero-order valence-corrected chi connectivity index (χ0v) is 11.9. The van der Waals surface area contributed by atoms with Crippen molar-refractivity contribution in [3.63, 3.8) is 0 Å². The summed E-state index contributed by atoms with van der Waals surface area (Å²) < 4.78 is 6.09. The molecule has 1 rings (SSSR count). The van der Waals surface area contributed by atoms with E-state index in [-0.39, 0.29) is 0 Å². The van der Waals surface area contributed by atoms with E-state index >= 15 is 0 Å². The predicted molar refractivity (Wildman–Crippen MR) is 72.3 cm³/mol. The van der Waals surface area contributed by atoms with E-state index < -0.39 is 9.04 Å². The van der Waals surface area contributed by atoms with Crippen LogP contribution in [0.2, 0.25) is 6.55 Å². The maximum Gasteiger partial charge on any atom is 0.243 e.